The van der Waals surface area contributed by atoms with Crippen LogP contribution in [0, 0.1) is 0 Å². The van der Waals surface area contributed by atoms with E-state index in [-0.39, 0.29) is 11.9 Å². The monoisotopic (exact) mass is 412 g/mol. The van der Waals surface area contributed by atoms with Crippen LogP contribution in [0.15, 0.2) is 30.5 Å². The Morgan fingerprint density at radius 1 is 1.30 bits per heavy atom. The van der Waals surface area contributed by atoms with Gasteiger partial charge >= 0.3 is 6.09 Å². The van der Waals surface area contributed by atoms with Gasteiger partial charge in [-0.2, -0.15) is 0 Å². The summed E-state index contributed by atoms with van der Waals surface area (Å²) in [6, 6.07) is 6.77. The van der Waals surface area contributed by atoms with Crippen molar-refractivity contribution in [1.82, 2.24) is 14.9 Å². The number of carboxylic acid groups (broad SMARTS) is 1. The third-order valence-electron chi connectivity index (χ3n) is 5.61. The third kappa shape index (κ3) is 4.06. The van der Waals surface area contributed by atoms with Gasteiger partial charge in [-0.15, -0.1) is 0 Å². The zero-order chi connectivity index (χ0) is 22.1. The molecule has 7 heteroatoms. The average molecular weight is 413 g/mol. The van der Waals surface area contributed by atoms with E-state index in [1.54, 1.807) is 4.90 Å². The number of aryl methyl sites for hydroxylation is 1. The molecule has 0 bridgehead atoms. The number of fused-ring (bicyclic) bond motifs is 1. The Morgan fingerprint density at radius 2 is 2.00 bits per heavy atom. The van der Waals surface area contributed by atoms with Gasteiger partial charge in [-0.05, 0) is 45.2 Å². The molecular formula is C23H32N4O3. The zero-order valence-electron chi connectivity index (χ0n) is 18.5. The summed E-state index contributed by atoms with van der Waals surface area (Å²) in [6.45, 7) is 9.41. The van der Waals surface area contributed by atoms with E-state index in [4.69, 9.17) is 0 Å². The maximum absolute atomic E-state index is 13.8. The molecule has 0 spiro atoms. The van der Waals surface area contributed by atoms with E-state index in [0.717, 1.165) is 35.6 Å². The number of hydrogen-bond donors (Lipinski definition) is 2. The Hall–Kier alpha value is -2.83. The molecule has 3 rings (SSSR count). The van der Waals surface area contributed by atoms with Gasteiger partial charge in [0.05, 0.1) is 6.04 Å². The number of H-pyrrole nitrogens is 1. The molecule has 1 aromatic heterocycles. The van der Waals surface area contributed by atoms with Crippen molar-refractivity contribution < 1.29 is 14.7 Å². The normalized spacial score (nSPS) is 17.0. The maximum atomic E-state index is 13.8. The Morgan fingerprint density at radius 3 is 2.60 bits per heavy atom. The van der Waals surface area contributed by atoms with Crippen molar-refractivity contribution in [3.8, 4) is 0 Å². The number of rotatable bonds is 6. The lowest BCUT2D eigenvalue weighted by molar-refractivity contribution is -0.125. The van der Waals surface area contributed by atoms with Crippen LogP contribution in [0.3, 0.4) is 0 Å². The van der Waals surface area contributed by atoms with Gasteiger partial charge < -0.3 is 10.1 Å². The second-order valence-electron chi connectivity index (χ2n) is 8.85. The van der Waals surface area contributed by atoms with Crippen molar-refractivity contribution in [3.05, 3.63) is 47.5 Å². The molecule has 2 N–H and O–H groups in total. The van der Waals surface area contributed by atoms with Crippen LogP contribution < -0.4 is 4.90 Å². The van der Waals surface area contributed by atoms with Gasteiger partial charge in [-0.25, -0.2) is 9.78 Å². The Kier molecular flexibility index (Phi) is 6.19. The second kappa shape index (κ2) is 8.50. The molecule has 2 atom stereocenters. The van der Waals surface area contributed by atoms with E-state index in [1.807, 2.05) is 58.2 Å². The molecule has 0 radical (unpaired) electrons. The second-order valence-corrected chi connectivity index (χ2v) is 8.85. The lowest BCUT2D eigenvalue weighted by Gasteiger charge is -2.40. The average Bonchev–Trinajstić information content (AvgIpc) is 3.28. The third-order valence-corrected chi connectivity index (χ3v) is 5.61. The maximum Gasteiger partial charge on any atom is 0.408 e. The first-order chi connectivity index (χ1) is 14.2. The minimum Gasteiger partial charge on any atom is -0.465 e. The highest BCUT2D eigenvalue weighted by molar-refractivity contribution is 6.01. The number of anilines is 1. The topological polar surface area (TPSA) is 89.5 Å². The van der Waals surface area contributed by atoms with E-state index in [0.29, 0.717) is 12.8 Å². The van der Waals surface area contributed by atoms with E-state index < -0.39 is 17.7 Å². The summed E-state index contributed by atoms with van der Waals surface area (Å²) >= 11 is 0. The molecular weight excluding hydrogens is 380 g/mol. The van der Waals surface area contributed by atoms with Crippen molar-refractivity contribution in [2.75, 3.05) is 4.90 Å². The van der Waals surface area contributed by atoms with Crippen molar-refractivity contribution in [2.45, 2.75) is 77.9 Å². The Bertz CT molecular complexity index is 915. The van der Waals surface area contributed by atoms with Gasteiger partial charge in [0.15, 0.2) is 0 Å². The lowest BCUT2D eigenvalue weighted by atomic mass is 10.0. The van der Waals surface area contributed by atoms with Gasteiger partial charge in [0.25, 0.3) is 5.91 Å². The summed E-state index contributed by atoms with van der Waals surface area (Å²) in [5, 5.41) is 9.88. The number of amides is 2. The van der Waals surface area contributed by atoms with Crippen LogP contribution in [0.2, 0.25) is 0 Å². The molecule has 162 valence electrons. The molecule has 1 aromatic carbocycles. The van der Waals surface area contributed by atoms with Crippen molar-refractivity contribution in [3.63, 3.8) is 0 Å². The standard InChI is InChI=1S/C23H32N4O3/c1-6-10-16-14-24-20(25-16)19-13-15-11-8-9-12-18(15)26(19)21(28)17(7-2)27(22(29)30)23(3,4)5/h8-9,11-12,14,17,19H,6-7,10,13H2,1-5H3,(H,24,25)(H,29,30)/t17-,19+/m1/s1. The predicted octanol–water partition coefficient (Wildman–Crippen LogP) is 4.55. The molecule has 0 saturated heterocycles. The highest BCUT2D eigenvalue weighted by Gasteiger charge is 2.43. The number of nitrogens with zero attached hydrogens (tertiary/aromatic N) is 3. The molecule has 0 fully saturated rings. The fourth-order valence-corrected chi connectivity index (χ4v) is 4.34. The molecule has 1 aliphatic heterocycles. The van der Waals surface area contributed by atoms with Crippen molar-refractivity contribution in [2.24, 2.45) is 0 Å². The minimum absolute atomic E-state index is 0.210. The zero-order valence-corrected chi connectivity index (χ0v) is 18.5. The van der Waals surface area contributed by atoms with Crippen LogP contribution in [0.5, 0.6) is 0 Å². The molecule has 2 heterocycles. The molecule has 0 saturated carbocycles. The van der Waals surface area contributed by atoms with Gasteiger partial charge in [-0.1, -0.05) is 38.5 Å². The van der Waals surface area contributed by atoms with Gasteiger partial charge in [0, 0.05) is 29.5 Å². The molecule has 2 amide bonds. The highest BCUT2D eigenvalue weighted by Crippen LogP contribution is 2.40. The molecule has 7 nitrogen and oxygen atoms in total. The van der Waals surface area contributed by atoms with E-state index in [2.05, 4.69) is 16.9 Å². The smallest absolute Gasteiger partial charge is 0.408 e. The molecule has 0 aliphatic carbocycles. The number of carbonyl (C=O) groups is 2. The summed E-state index contributed by atoms with van der Waals surface area (Å²) in [5.74, 6) is 0.536. The highest BCUT2D eigenvalue weighted by atomic mass is 16.4. The van der Waals surface area contributed by atoms with E-state index >= 15 is 0 Å². The van der Waals surface area contributed by atoms with Crippen LogP contribution in [0.25, 0.3) is 0 Å². The Balaban J connectivity index is 2.03. The van der Waals surface area contributed by atoms with Crippen LogP contribution in [0.1, 0.15) is 70.6 Å². The van der Waals surface area contributed by atoms with E-state index in [9.17, 15) is 14.7 Å². The number of nitrogens with one attached hydrogen (secondary N) is 1. The molecule has 2 aromatic rings. The van der Waals surface area contributed by atoms with Gasteiger partial charge in [-0.3, -0.25) is 14.6 Å². The predicted molar refractivity (Wildman–Crippen MR) is 117 cm³/mol. The first kappa shape index (κ1) is 21.9. The van der Waals surface area contributed by atoms with Crippen LogP contribution >= 0.6 is 0 Å². The van der Waals surface area contributed by atoms with Gasteiger partial charge in [0.2, 0.25) is 0 Å². The quantitative estimate of drug-likeness (QED) is 0.728. The number of para-hydroxylation sites is 1. The first-order valence-electron chi connectivity index (χ1n) is 10.7. The summed E-state index contributed by atoms with van der Waals surface area (Å²) in [7, 11) is 0. The molecule has 30 heavy (non-hydrogen) atoms. The van der Waals surface area contributed by atoms with Crippen LogP contribution in [-0.4, -0.2) is 43.6 Å². The summed E-state index contributed by atoms with van der Waals surface area (Å²) < 4.78 is 0. The summed E-state index contributed by atoms with van der Waals surface area (Å²) in [6.07, 6.45) is 3.70. The fourth-order valence-electron chi connectivity index (χ4n) is 4.34. The van der Waals surface area contributed by atoms with Crippen molar-refractivity contribution >= 4 is 17.7 Å². The van der Waals surface area contributed by atoms with Crippen LogP contribution in [0.4, 0.5) is 10.5 Å². The van der Waals surface area contributed by atoms with Gasteiger partial charge in [0.1, 0.15) is 11.9 Å². The first-order valence-corrected chi connectivity index (χ1v) is 10.7. The lowest BCUT2D eigenvalue weighted by Crippen LogP contribution is -2.57. The number of benzene rings is 1. The van der Waals surface area contributed by atoms with E-state index in [1.165, 1.54) is 4.90 Å². The van der Waals surface area contributed by atoms with Crippen molar-refractivity contribution in [1.29, 1.82) is 0 Å². The summed E-state index contributed by atoms with van der Waals surface area (Å²) in [5.41, 5.74) is 2.25. The summed E-state index contributed by atoms with van der Waals surface area (Å²) in [4.78, 5) is 36.9. The largest absolute Gasteiger partial charge is 0.465 e. The van der Waals surface area contributed by atoms with Crippen LogP contribution in [-0.2, 0) is 17.6 Å². The minimum atomic E-state index is -1.09. The number of hydrogen-bond acceptors (Lipinski definition) is 3. The number of imidazole rings is 1. The fraction of sp³-hybridized carbons (Fsp3) is 0.522. The Labute approximate surface area is 178 Å². The molecule has 0 unspecified atom stereocenters. The number of aromatic amines is 1. The number of carbonyl (C=O) groups excluding carboxylic acids is 1. The number of aromatic nitrogens is 2. The SMILES string of the molecule is CCCc1cnc([C@@H]2Cc3ccccc3N2C(=O)[C@@H](CC)N(C(=O)O)C(C)(C)C)[nH]1. The molecule has 1 aliphatic rings.